The van der Waals surface area contributed by atoms with E-state index in [1.165, 1.54) is 25.9 Å². The molecule has 0 amide bonds. The predicted octanol–water partition coefficient (Wildman–Crippen LogP) is 1.08. The van der Waals surface area contributed by atoms with E-state index in [4.69, 9.17) is 5.11 Å². The molecule has 1 heterocycles. The van der Waals surface area contributed by atoms with Gasteiger partial charge in [0, 0.05) is 19.2 Å². The summed E-state index contributed by atoms with van der Waals surface area (Å²) in [6.45, 7) is 6.08. The lowest BCUT2D eigenvalue weighted by Gasteiger charge is -2.31. The Kier molecular flexibility index (Phi) is 6.22. The zero-order chi connectivity index (χ0) is 11.1. The van der Waals surface area contributed by atoms with Crippen molar-refractivity contribution in [1.29, 1.82) is 0 Å². The Balaban J connectivity index is 2.16. The third-order valence-corrected chi connectivity index (χ3v) is 3.39. The Morgan fingerprint density at radius 1 is 1.53 bits per heavy atom. The van der Waals surface area contributed by atoms with Crippen LogP contribution in [0.2, 0.25) is 0 Å². The molecule has 0 aromatic carbocycles. The molecule has 2 N–H and O–H groups in total. The molecule has 1 fully saturated rings. The summed E-state index contributed by atoms with van der Waals surface area (Å²) in [5.74, 6) is 0.802. The quantitative estimate of drug-likeness (QED) is 0.694. The number of nitrogens with one attached hydrogen (secondary N) is 1. The van der Waals surface area contributed by atoms with Gasteiger partial charge in [-0.15, -0.1) is 0 Å². The average molecular weight is 214 g/mol. The summed E-state index contributed by atoms with van der Waals surface area (Å²) in [6, 6.07) is 0.502. The average Bonchev–Trinajstić information content (AvgIpc) is 2.24. The summed E-state index contributed by atoms with van der Waals surface area (Å²) in [7, 11) is 2.21. The fourth-order valence-corrected chi connectivity index (χ4v) is 2.38. The van der Waals surface area contributed by atoms with Crippen LogP contribution < -0.4 is 5.32 Å². The molecule has 90 valence electrons. The third kappa shape index (κ3) is 4.96. The van der Waals surface area contributed by atoms with Crippen molar-refractivity contribution in [2.24, 2.45) is 5.92 Å². The molecule has 0 aliphatic carbocycles. The molecule has 3 heteroatoms. The molecular formula is C12H26N2O. The summed E-state index contributed by atoms with van der Waals surface area (Å²) in [5, 5.41) is 12.5. The molecule has 2 atom stereocenters. The van der Waals surface area contributed by atoms with Crippen molar-refractivity contribution in [2.45, 2.75) is 38.6 Å². The van der Waals surface area contributed by atoms with Gasteiger partial charge in [-0.2, -0.15) is 0 Å². The minimum absolute atomic E-state index is 0.302. The molecule has 0 spiro atoms. The van der Waals surface area contributed by atoms with Gasteiger partial charge in [0.15, 0.2) is 0 Å². The van der Waals surface area contributed by atoms with Crippen LogP contribution >= 0.6 is 0 Å². The van der Waals surface area contributed by atoms with Crippen LogP contribution in [0.25, 0.3) is 0 Å². The molecule has 3 nitrogen and oxygen atoms in total. The van der Waals surface area contributed by atoms with Crippen LogP contribution in [-0.2, 0) is 0 Å². The first-order valence-corrected chi connectivity index (χ1v) is 6.29. The molecule has 0 aromatic heterocycles. The first-order valence-electron chi connectivity index (χ1n) is 6.29. The first-order chi connectivity index (χ1) is 7.26. The van der Waals surface area contributed by atoms with E-state index in [2.05, 4.69) is 24.2 Å². The van der Waals surface area contributed by atoms with Gasteiger partial charge in [-0.3, -0.25) is 0 Å². The van der Waals surface area contributed by atoms with Crippen LogP contribution in [0.1, 0.15) is 32.6 Å². The van der Waals surface area contributed by atoms with E-state index in [1.54, 1.807) is 0 Å². The highest BCUT2D eigenvalue weighted by molar-refractivity contribution is 4.74. The standard InChI is InChI=1S/C12H26N2O/c1-3-12(6-8-15)13-9-11-5-4-7-14(2)10-11/h11-13,15H,3-10H2,1-2H3. The topological polar surface area (TPSA) is 35.5 Å². The van der Waals surface area contributed by atoms with Gasteiger partial charge in [-0.1, -0.05) is 6.92 Å². The van der Waals surface area contributed by atoms with Crippen molar-refractivity contribution < 1.29 is 5.11 Å². The van der Waals surface area contributed by atoms with E-state index < -0.39 is 0 Å². The summed E-state index contributed by atoms with van der Waals surface area (Å²) in [4.78, 5) is 2.42. The maximum atomic E-state index is 8.90. The lowest BCUT2D eigenvalue weighted by molar-refractivity contribution is 0.197. The highest BCUT2D eigenvalue weighted by Crippen LogP contribution is 2.14. The van der Waals surface area contributed by atoms with Crippen molar-refractivity contribution in [3.05, 3.63) is 0 Å². The second kappa shape index (κ2) is 7.20. The smallest absolute Gasteiger partial charge is 0.0445 e. The molecule has 0 radical (unpaired) electrons. The molecule has 2 unspecified atom stereocenters. The summed E-state index contributed by atoms with van der Waals surface area (Å²) < 4.78 is 0. The predicted molar refractivity (Wildman–Crippen MR) is 64.0 cm³/mol. The summed E-state index contributed by atoms with van der Waals surface area (Å²) in [5.41, 5.74) is 0. The van der Waals surface area contributed by atoms with Crippen molar-refractivity contribution in [1.82, 2.24) is 10.2 Å². The van der Waals surface area contributed by atoms with Crippen LogP contribution in [-0.4, -0.2) is 49.3 Å². The first kappa shape index (κ1) is 12.9. The van der Waals surface area contributed by atoms with Crippen LogP contribution in [0.3, 0.4) is 0 Å². The summed E-state index contributed by atoms with van der Waals surface area (Å²) in [6.07, 6.45) is 4.69. The number of hydrogen-bond donors (Lipinski definition) is 2. The van der Waals surface area contributed by atoms with Gasteiger partial charge in [0.25, 0.3) is 0 Å². The largest absolute Gasteiger partial charge is 0.396 e. The van der Waals surface area contributed by atoms with Gasteiger partial charge >= 0.3 is 0 Å². The molecule has 1 aliphatic rings. The number of rotatable bonds is 6. The van der Waals surface area contributed by atoms with Gasteiger partial charge in [0.05, 0.1) is 0 Å². The minimum Gasteiger partial charge on any atom is -0.396 e. The van der Waals surface area contributed by atoms with E-state index in [-0.39, 0.29) is 0 Å². The molecule has 15 heavy (non-hydrogen) atoms. The highest BCUT2D eigenvalue weighted by atomic mass is 16.3. The van der Waals surface area contributed by atoms with E-state index in [9.17, 15) is 0 Å². The summed E-state index contributed by atoms with van der Waals surface area (Å²) >= 11 is 0. The Bertz CT molecular complexity index is 164. The zero-order valence-electron chi connectivity index (χ0n) is 10.2. The van der Waals surface area contributed by atoms with Crippen LogP contribution in [0, 0.1) is 5.92 Å². The molecule has 0 bridgehead atoms. The molecule has 1 aliphatic heterocycles. The number of likely N-dealkylation sites (tertiary alicyclic amines) is 1. The number of nitrogens with zero attached hydrogens (tertiary/aromatic N) is 1. The third-order valence-electron chi connectivity index (χ3n) is 3.39. The van der Waals surface area contributed by atoms with Crippen molar-refractivity contribution in [2.75, 3.05) is 33.3 Å². The Hall–Kier alpha value is -0.120. The SMILES string of the molecule is CCC(CCO)NCC1CCCN(C)C1. The Morgan fingerprint density at radius 2 is 2.33 bits per heavy atom. The van der Waals surface area contributed by atoms with Gasteiger partial charge in [-0.25, -0.2) is 0 Å². The van der Waals surface area contributed by atoms with Crippen molar-refractivity contribution in [3.63, 3.8) is 0 Å². The maximum Gasteiger partial charge on any atom is 0.0445 e. The second-order valence-corrected chi connectivity index (χ2v) is 4.80. The van der Waals surface area contributed by atoms with Crippen molar-refractivity contribution >= 4 is 0 Å². The maximum absolute atomic E-state index is 8.90. The Labute approximate surface area is 93.9 Å². The van der Waals surface area contributed by atoms with Crippen molar-refractivity contribution in [3.8, 4) is 0 Å². The van der Waals surface area contributed by atoms with Gasteiger partial charge in [-0.05, 0) is 51.7 Å². The van der Waals surface area contributed by atoms with Gasteiger partial charge < -0.3 is 15.3 Å². The molecule has 0 saturated carbocycles. The van der Waals surface area contributed by atoms with Gasteiger partial charge in [0.2, 0.25) is 0 Å². The van der Waals surface area contributed by atoms with Crippen LogP contribution in [0.15, 0.2) is 0 Å². The van der Waals surface area contributed by atoms with Gasteiger partial charge in [0.1, 0.15) is 0 Å². The fourth-order valence-electron chi connectivity index (χ4n) is 2.38. The number of piperidine rings is 1. The normalized spacial score (nSPS) is 25.4. The van der Waals surface area contributed by atoms with E-state index in [0.29, 0.717) is 12.6 Å². The fraction of sp³-hybridized carbons (Fsp3) is 1.00. The number of aliphatic hydroxyl groups is 1. The van der Waals surface area contributed by atoms with E-state index >= 15 is 0 Å². The lowest BCUT2D eigenvalue weighted by atomic mass is 9.98. The minimum atomic E-state index is 0.302. The van der Waals surface area contributed by atoms with Crippen LogP contribution in [0.5, 0.6) is 0 Å². The van der Waals surface area contributed by atoms with E-state index in [1.807, 2.05) is 0 Å². The molecule has 0 aromatic rings. The number of hydrogen-bond acceptors (Lipinski definition) is 3. The lowest BCUT2D eigenvalue weighted by Crippen LogP contribution is -2.40. The van der Waals surface area contributed by atoms with Crippen LogP contribution in [0.4, 0.5) is 0 Å². The molecule has 1 rings (SSSR count). The molecule has 1 saturated heterocycles. The van der Waals surface area contributed by atoms with E-state index in [0.717, 1.165) is 25.3 Å². The molecular weight excluding hydrogens is 188 g/mol. The highest BCUT2D eigenvalue weighted by Gasteiger charge is 2.17. The monoisotopic (exact) mass is 214 g/mol. The Morgan fingerprint density at radius 3 is 2.93 bits per heavy atom. The number of aliphatic hydroxyl groups excluding tert-OH is 1. The zero-order valence-corrected chi connectivity index (χ0v) is 10.2. The second-order valence-electron chi connectivity index (χ2n) is 4.80.